The summed E-state index contributed by atoms with van der Waals surface area (Å²) in [5.74, 6) is -0.556. The van der Waals surface area contributed by atoms with Crippen molar-refractivity contribution in [1.29, 1.82) is 0 Å². The fourth-order valence-corrected chi connectivity index (χ4v) is 3.68. The van der Waals surface area contributed by atoms with Crippen molar-refractivity contribution in [2.75, 3.05) is 5.32 Å². The van der Waals surface area contributed by atoms with E-state index in [4.69, 9.17) is 39.2 Å². The second-order valence-corrected chi connectivity index (χ2v) is 7.68. The first-order valence-corrected chi connectivity index (χ1v) is 9.79. The third kappa shape index (κ3) is 3.87. The first-order chi connectivity index (χ1) is 14.3. The minimum atomic E-state index is -0.528. The van der Waals surface area contributed by atoms with Gasteiger partial charge < -0.3 is 14.8 Å². The second kappa shape index (κ2) is 8.03. The van der Waals surface area contributed by atoms with Crippen LogP contribution in [-0.2, 0) is 0 Å². The number of phenolic OH excluding ortho intramolecular Hbond substituents is 1. The van der Waals surface area contributed by atoms with Gasteiger partial charge in [0.05, 0.1) is 16.3 Å². The molecule has 8 heteroatoms. The van der Waals surface area contributed by atoms with Crippen molar-refractivity contribution >= 4 is 57.4 Å². The maximum Gasteiger partial charge on any atom is 0.257 e. The van der Waals surface area contributed by atoms with Gasteiger partial charge in [-0.1, -0.05) is 46.9 Å². The van der Waals surface area contributed by atoms with E-state index >= 15 is 0 Å². The Morgan fingerprint density at radius 2 is 1.70 bits per heavy atom. The molecule has 5 nitrogen and oxygen atoms in total. The number of rotatable bonds is 3. The zero-order chi connectivity index (χ0) is 21.4. The highest BCUT2D eigenvalue weighted by Gasteiger charge is 2.18. The minimum absolute atomic E-state index is 0.0240. The quantitative estimate of drug-likeness (QED) is 0.348. The highest BCUT2D eigenvalue weighted by Crippen LogP contribution is 2.33. The molecule has 3 aromatic carbocycles. The molecular weight excluding hydrogens is 449 g/mol. The predicted molar refractivity (Wildman–Crippen MR) is 119 cm³/mol. The Kier molecular flexibility index (Phi) is 5.43. The van der Waals surface area contributed by atoms with E-state index < -0.39 is 11.3 Å². The molecule has 0 fully saturated rings. The van der Waals surface area contributed by atoms with Crippen LogP contribution < -0.4 is 10.7 Å². The Balaban J connectivity index is 1.84. The van der Waals surface area contributed by atoms with Gasteiger partial charge in [-0.15, -0.1) is 0 Å². The highest BCUT2D eigenvalue weighted by atomic mass is 35.5. The summed E-state index contributed by atoms with van der Waals surface area (Å²) in [5, 5.41) is 13.8. The molecule has 0 aliphatic heterocycles. The number of hydrogen-bond acceptors (Lipinski definition) is 4. The Morgan fingerprint density at radius 3 is 2.43 bits per heavy atom. The summed E-state index contributed by atoms with van der Waals surface area (Å²) in [4.78, 5) is 25.4. The van der Waals surface area contributed by atoms with E-state index in [1.165, 1.54) is 36.4 Å². The molecule has 30 heavy (non-hydrogen) atoms. The summed E-state index contributed by atoms with van der Waals surface area (Å²) in [5.41, 5.74) is 0.513. The fourth-order valence-electron chi connectivity index (χ4n) is 2.99. The lowest BCUT2D eigenvalue weighted by Crippen LogP contribution is -2.13. The summed E-state index contributed by atoms with van der Waals surface area (Å²) >= 11 is 18.0. The molecule has 1 amide bonds. The molecule has 0 unspecified atom stereocenters. The molecule has 0 radical (unpaired) electrons. The molecule has 0 atom stereocenters. The monoisotopic (exact) mass is 459 g/mol. The van der Waals surface area contributed by atoms with Gasteiger partial charge in [-0.3, -0.25) is 9.59 Å². The number of fused-ring (bicyclic) bond motifs is 1. The van der Waals surface area contributed by atoms with Crippen LogP contribution in [0.1, 0.15) is 10.4 Å². The molecule has 4 aromatic rings. The van der Waals surface area contributed by atoms with E-state index in [0.29, 0.717) is 15.6 Å². The van der Waals surface area contributed by atoms with Crippen molar-refractivity contribution in [3.8, 4) is 17.1 Å². The largest absolute Gasteiger partial charge is 0.507 e. The zero-order valence-electron chi connectivity index (χ0n) is 15.1. The molecule has 0 spiro atoms. The molecule has 0 aliphatic rings. The summed E-state index contributed by atoms with van der Waals surface area (Å²) < 4.78 is 5.89. The number of anilines is 1. The molecular formula is C22H12Cl3NO4. The Labute approximate surface area is 185 Å². The standard InChI is InChI=1S/C22H12Cl3NO4/c23-12-3-1-2-11(8-12)19-10-18(28)20-17(27)7-6-16(21(20)30-19)26-22(29)14-5-4-13(24)9-15(14)25/h1-10,27H,(H,26,29). The number of carbonyl (C=O) groups is 1. The van der Waals surface area contributed by atoms with E-state index in [1.807, 2.05) is 0 Å². The van der Waals surface area contributed by atoms with Crippen LogP contribution in [0.3, 0.4) is 0 Å². The van der Waals surface area contributed by atoms with Crippen molar-refractivity contribution < 1.29 is 14.3 Å². The minimum Gasteiger partial charge on any atom is -0.507 e. The summed E-state index contributed by atoms with van der Waals surface area (Å²) in [6.45, 7) is 0. The molecule has 150 valence electrons. The highest BCUT2D eigenvalue weighted by molar-refractivity contribution is 6.37. The van der Waals surface area contributed by atoms with Crippen LogP contribution in [0.4, 0.5) is 5.69 Å². The van der Waals surface area contributed by atoms with Crippen LogP contribution in [0.5, 0.6) is 5.75 Å². The van der Waals surface area contributed by atoms with Crippen molar-refractivity contribution in [1.82, 2.24) is 0 Å². The van der Waals surface area contributed by atoms with Gasteiger partial charge >= 0.3 is 0 Å². The van der Waals surface area contributed by atoms with Gasteiger partial charge in [-0.2, -0.15) is 0 Å². The summed E-state index contributed by atoms with van der Waals surface area (Å²) in [7, 11) is 0. The summed E-state index contributed by atoms with van der Waals surface area (Å²) in [6, 6.07) is 15.2. The average Bonchev–Trinajstić information content (AvgIpc) is 2.69. The fraction of sp³-hybridized carbons (Fsp3) is 0. The first kappa shape index (κ1) is 20.3. The molecule has 0 saturated carbocycles. The van der Waals surface area contributed by atoms with Crippen molar-refractivity contribution in [2.24, 2.45) is 0 Å². The lowest BCUT2D eigenvalue weighted by Gasteiger charge is -2.11. The smallest absolute Gasteiger partial charge is 0.257 e. The van der Waals surface area contributed by atoms with E-state index in [0.717, 1.165) is 0 Å². The molecule has 1 aromatic heterocycles. The lowest BCUT2D eigenvalue weighted by molar-refractivity contribution is 0.102. The van der Waals surface area contributed by atoms with Gasteiger partial charge in [-0.25, -0.2) is 0 Å². The van der Waals surface area contributed by atoms with Crippen molar-refractivity contribution in [3.63, 3.8) is 0 Å². The number of phenols is 1. The van der Waals surface area contributed by atoms with Gasteiger partial charge in [0.25, 0.3) is 5.91 Å². The van der Waals surface area contributed by atoms with Crippen LogP contribution in [0.25, 0.3) is 22.3 Å². The van der Waals surface area contributed by atoms with E-state index in [2.05, 4.69) is 5.32 Å². The topological polar surface area (TPSA) is 79.5 Å². The first-order valence-electron chi connectivity index (χ1n) is 8.65. The number of benzene rings is 3. The van der Waals surface area contributed by atoms with Crippen LogP contribution in [0.2, 0.25) is 15.1 Å². The number of amides is 1. The molecule has 0 aliphatic carbocycles. The Morgan fingerprint density at radius 1 is 0.933 bits per heavy atom. The third-order valence-corrected chi connectivity index (χ3v) is 5.17. The van der Waals surface area contributed by atoms with E-state index in [-0.39, 0.29) is 38.8 Å². The Hall–Kier alpha value is -2.99. The van der Waals surface area contributed by atoms with Crippen molar-refractivity contribution in [3.05, 3.63) is 91.5 Å². The number of aromatic hydroxyl groups is 1. The van der Waals surface area contributed by atoms with Crippen molar-refractivity contribution in [2.45, 2.75) is 0 Å². The van der Waals surface area contributed by atoms with E-state index in [9.17, 15) is 14.7 Å². The predicted octanol–water partition coefficient (Wildman–Crippen LogP) is 6.38. The number of carbonyl (C=O) groups excluding carboxylic acids is 1. The number of halogens is 3. The Bertz CT molecular complexity index is 1360. The SMILES string of the molecule is O=C(Nc1ccc(O)c2c(=O)cc(-c3cccc(Cl)c3)oc12)c1ccc(Cl)cc1Cl. The van der Waals surface area contributed by atoms with E-state index in [1.54, 1.807) is 24.3 Å². The molecule has 0 bridgehead atoms. The number of hydrogen-bond donors (Lipinski definition) is 2. The number of nitrogens with one attached hydrogen (secondary N) is 1. The van der Waals surface area contributed by atoms with Gasteiger partial charge in [0, 0.05) is 21.7 Å². The van der Waals surface area contributed by atoms with Gasteiger partial charge in [0.1, 0.15) is 16.9 Å². The maximum atomic E-state index is 12.7. The maximum absolute atomic E-state index is 12.7. The molecule has 4 rings (SSSR count). The van der Waals surface area contributed by atoms with Gasteiger partial charge in [-0.05, 0) is 42.5 Å². The van der Waals surface area contributed by atoms with Crippen LogP contribution in [0.15, 0.2) is 69.9 Å². The summed E-state index contributed by atoms with van der Waals surface area (Å²) in [6.07, 6.45) is 0. The average molecular weight is 461 g/mol. The van der Waals surface area contributed by atoms with Crippen LogP contribution in [-0.4, -0.2) is 11.0 Å². The van der Waals surface area contributed by atoms with Crippen LogP contribution >= 0.6 is 34.8 Å². The molecule has 2 N–H and O–H groups in total. The van der Waals surface area contributed by atoms with Gasteiger partial charge in [0.2, 0.25) is 0 Å². The normalized spacial score (nSPS) is 10.9. The third-order valence-electron chi connectivity index (χ3n) is 4.39. The van der Waals surface area contributed by atoms with Gasteiger partial charge in [0.15, 0.2) is 11.0 Å². The lowest BCUT2D eigenvalue weighted by atomic mass is 10.1. The molecule has 0 saturated heterocycles. The van der Waals surface area contributed by atoms with Crippen LogP contribution in [0, 0.1) is 0 Å². The second-order valence-electron chi connectivity index (χ2n) is 6.40. The molecule has 1 heterocycles. The zero-order valence-corrected chi connectivity index (χ0v) is 17.3.